The summed E-state index contributed by atoms with van der Waals surface area (Å²) < 4.78 is 13.2. The molecule has 1 amide bonds. The molecule has 1 N–H and O–H groups in total. The third kappa shape index (κ3) is 4.02. The van der Waals surface area contributed by atoms with Gasteiger partial charge in [-0.1, -0.05) is 41.9 Å². The lowest BCUT2D eigenvalue weighted by molar-refractivity contribution is 0.102. The second kappa shape index (κ2) is 8.03. The van der Waals surface area contributed by atoms with Crippen LogP contribution in [-0.4, -0.2) is 12.5 Å². The Hall–Kier alpha value is -2.85. The van der Waals surface area contributed by atoms with Crippen LogP contribution in [0.3, 0.4) is 0 Å². The molecule has 0 saturated heterocycles. The van der Waals surface area contributed by atoms with Crippen LogP contribution in [0, 0.1) is 5.82 Å². The van der Waals surface area contributed by atoms with Gasteiger partial charge in [0.25, 0.3) is 5.91 Å². The van der Waals surface area contributed by atoms with Gasteiger partial charge in [-0.15, -0.1) is 0 Å². The number of halogens is 2. The molecule has 3 nitrogen and oxygen atoms in total. The molecular formula is C23H20ClFN2O. The quantitative estimate of drug-likeness (QED) is 0.617. The normalized spacial score (nSPS) is 13.1. The third-order valence-electron chi connectivity index (χ3n) is 4.97. The number of hydrogen-bond acceptors (Lipinski definition) is 2. The lowest BCUT2D eigenvalue weighted by atomic mass is 10.0. The van der Waals surface area contributed by atoms with E-state index >= 15 is 0 Å². The van der Waals surface area contributed by atoms with Crippen LogP contribution in [0.5, 0.6) is 0 Å². The molecule has 1 aliphatic heterocycles. The molecule has 0 fully saturated rings. The van der Waals surface area contributed by atoms with Crippen molar-refractivity contribution in [1.82, 2.24) is 0 Å². The Morgan fingerprint density at radius 2 is 1.86 bits per heavy atom. The highest BCUT2D eigenvalue weighted by atomic mass is 35.5. The van der Waals surface area contributed by atoms with E-state index in [0.29, 0.717) is 11.3 Å². The number of hydrogen-bond donors (Lipinski definition) is 1. The molecular weight excluding hydrogens is 375 g/mol. The number of para-hydroxylation sites is 1. The number of anilines is 2. The predicted molar refractivity (Wildman–Crippen MR) is 112 cm³/mol. The second-order valence-corrected chi connectivity index (χ2v) is 7.34. The van der Waals surface area contributed by atoms with E-state index in [2.05, 4.69) is 34.5 Å². The zero-order chi connectivity index (χ0) is 19.5. The second-order valence-electron chi connectivity index (χ2n) is 6.93. The van der Waals surface area contributed by atoms with Gasteiger partial charge >= 0.3 is 0 Å². The van der Waals surface area contributed by atoms with Crippen LogP contribution >= 0.6 is 11.6 Å². The summed E-state index contributed by atoms with van der Waals surface area (Å²) in [6.07, 6.45) is 2.27. The van der Waals surface area contributed by atoms with Crippen molar-refractivity contribution in [2.45, 2.75) is 19.4 Å². The molecule has 3 aromatic carbocycles. The van der Waals surface area contributed by atoms with E-state index in [4.69, 9.17) is 11.6 Å². The number of nitrogens with one attached hydrogen (secondary N) is 1. The molecule has 0 bridgehead atoms. The molecule has 0 saturated carbocycles. The summed E-state index contributed by atoms with van der Waals surface area (Å²) in [6, 6.07) is 20.2. The predicted octanol–water partition coefficient (Wildman–Crippen LogP) is 5.68. The van der Waals surface area contributed by atoms with Crippen molar-refractivity contribution >= 4 is 28.9 Å². The van der Waals surface area contributed by atoms with Crippen LogP contribution in [0.4, 0.5) is 15.8 Å². The van der Waals surface area contributed by atoms with Crippen molar-refractivity contribution in [1.29, 1.82) is 0 Å². The minimum Gasteiger partial charge on any atom is -0.367 e. The van der Waals surface area contributed by atoms with Gasteiger partial charge in [-0.25, -0.2) is 4.39 Å². The first-order valence-electron chi connectivity index (χ1n) is 9.28. The number of benzene rings is 3. The highest BCUT2D eigenvalue weighted by Gasteiger charge is 2.16. The molecule has 142 valence electrons. The van der Waals surface area contributed by atoms with Gasteiger partial charge in [0, 0.05) is 30.0 Å². The highest BCUT2D eigenvalue weighted by molar-refractivity contribution is 6.31. The molecule has 0 unspecified atom stereocenters. The molecule has 0 radical (unpaired) electrons. The van der Waals surface area contributed by atoms with Crippen molar-refractivity contribution in [2.75, 3.05) is 16.8 Å². The molecule has 4 rings (SSSR count). The van der Waals surface area contributed by atoms with E-state index < -0.39 is 5.82 Å². The van der Waals surface area contributed by atoms with Crippen molar-refractivity contribution in [3.8, 4) is 0 Å². The fourth-order valence-corrected chi connectivity index (χ4v) is 3.72. The van der Waals surface area contributed by atoms with Gasteiger partial charge < -0.3 is 10.2 Å². The summed E-state index contributed by atoms with van der Waals surface area (Å²) in [5, 5.41) is 2.72. The Morgan fingerprint density at radius 1 is 1.07 bits per heavy atom. The summed E-state index contributed by atoms with van der Waals surface area (Å²) >= 11 is 5.76. The van der Waals surface area contributed by atoms with Crippen LogP contribution in [0.15, 0.2) is 66.7 Å². The maximum Gasteiger partial charge on any atom is 0.255 e. The summed E-state index contributed by atoms with van der Waals surface area (Å²) in [7, 11) is 0. The largest absolute Gasteiger partial charge is 0.367 e. The molecule has 5 heteroatoms. The van der Waals surface area contributed by atoms with E-state index in [1.807, 2.05) is 24.3 Å². The zero-order valence-electron chi connectivity index (χ0n) is 15.3. The summed E-state index contributed by atoms with van der Waals surface area (Å²) in [5.41, 5.74) is 4.85. The molecule has 0 aromatic heterocycles. The van der Waals surface area contributed by atoms with Crippen LogP contribution in [0.2, 0.25) is 5.02 Å². The van der Waals surface area contributed by atoms with E-state index in [1.54, 1.807) is 0 Å². The Labute approximate surface area is 168 Å². The Bertz CT molecular complexity index is 1000. The summed E-state index contributed by atoms with van der Waals surface area (Å²) in [6.45, 7) is 1.84. The van der Waals surface area contributed by atoms with E-state index in [9.17, 15) is 9.18 Å². The molecule has 1 aliphatic rings. The fraction of sp³-hybridized carbons (Fsp3) is 0.174. The fourth-order valence-electron chi connectivity index (χ4n) is 3.53. The minimum atomic E-state index is -0.511. The summed E-state index contributed by atoms with van der Waals surface area (Å²) in [5.74, 6) is -0.763. The number of aryl methyl sites for hydroxylation is 1. The topological polar surface area (TPSA) is 32.3 Å². The Balaban J connectivity index is 1.44. The highest BCUT2D eigenvalue weighted by Crippen LogP contribution is 2.28. The number of carbonyl (C=O) groups excluding carboxylic acids is 1. The van der Waals surface area contributed by atoms with Gasteiger partial charge in [-0.05, 0) is 60.4 Å². The van der Waals surface area contributed by atoms with Crippen molar-refractivity contribution in [3.05, 3.63) is 94.3 Å². The number of amides is 1. The van der Waals surface area contributed by atoms with Gasteiger partial charge in [0.05, 0.1) is 5.02 Å². The molecule has 1 heterocycles. The minimum absolute atomic E-state index is 0.0186. The molecule has 28 heavy (non-hydrogen) atoms. The number of nitrogens with zero attached hydrogens (tertiary/aromatic N) is 1. The number of fused-ring (bicyclic) bond motifs is 1. The first kappa shape index (κ1) is 18.5. The lowest BCUT2D eigenvalue weighted by Gasteiger charge is -2.31. The standard InChI is InChI=1S/C23H20ClFN2O/c24-20-14-19(11-12-21(20)25)26-23(28)18-9-7-16(8-10-18)15-27-13-3-5-17-4-1-2-6-22(17)27/h1-2,4,6-12,14H,3,5,13,15H2,(H,26,28). The average molecular weight is 395 g/mol. The SMILES string of the molecule is O=C(Nc1ccc(F)c(Cl)c1)c1ccc(CN2CCCc3ccccc32)cc1. The molecule has 0 aliphatic carbocycles. The Morgan fingerprint density at radius 3 is 2.64 bits per heavy atom. The molecule has 3 aromatic rings. The van der Waals surface area contributed by atoms with E-state index in [1.165, 1.54) is 29.4 Å². The zero-order valence-corrected chi connectivity index (χ0v) is 16.0. The van der Waals surface area contributed by atoms with Crippen molar-refractivity contribution in [2.24, 2.45) is 0 Å². The maximum absolute atomic E-state index is 13.2. The van der Waals surface area contributed by atoms with Crippen LogP contribution in [-0.2, 0) is 13.0 Å². The monoisotopic (exact) mass is 394 g/mol. The first-order chi connectivity index (χ1) is 13.6. The number of carbonyl (C=O) groups is 1. The van der Waals surface area contributed by atoms with Crippen LogP contribution in [0.25, 0.3) is 0 Å². The number of rotatable bonds is 4. The third-order valence-corrected chi connectivity index (χ3v) is 5.26. The van der Waals surface area contributed by atoms with Crippen LogP contribution < -0.4 is 10.2 Å². The van der Waals surface area contributed by atoms with Gasteiger partial charge in [-0.3, -0.25) is 4.79 Å². The molecule has 0 atom stereocenters. The lowest BCUT2D eigenvalue weighted by Crippen LogP contribution is -2.28. The first-order valence-corrected chi connectivity index (χ1v) is 9.66. The van der Waals surface area contributed by atoms with Gasteiger partial charge in [0.1, 0.15) is 5.82 Å². The maximum atomic E-state index is 13.2. The van der Waals surface area contributed by atoms with Gasteiger partial charge in [0.2, 0.25) is 0 Å². The van der Waals surface area contributed by atoms with Gasteiger partial charge in [-0.2, -0.15) is 0 Å². The smallest absolute Gasteiger partial charge is 0.255 e. The Kier molecular flexibility index (Phi) is 5.31. The average Bonchev–Trinajstić information content (AvgIpc) is 2.71. The van der Waals surface area contributed by atoms with Gasteiger partial charge in [0.15, 0.2) is 0 Å². The van der Waals surface area contributed by atoms with Crippen molar-refractivity contribution < 1.29 is 9.18 Å². The van der Waals surface area contributed by atoms with E-state index in [-0.39, 0.29) is 10.9 Å². The van der Waals surface area contributed by atoms with Crippen molar-refractivity contribution in [3.63, 3.8) is 0 Å². The van der Waals surface area contributed by atoms with E-state index in [0.717, 1.165) is 31.5 Å². The van der Waals surface area contributed by atoms with Crippen LogP contribution in [0.1, 0.15) is 27.9 Å². The summed E-state index contributed by atoms with van der Waals surface area (Å²) in [4.78, 5) is 14.8. The molecule has 0 spiro atoms.